The van der Waals surface area contributed by atoms with Crippen LogP contribution in [0.4, 0.5) is 0 Å². The third-order valence-corrected chi connectivity index (χ3v) is 6.53. The number of carbonyl (C=O) groups is 2. The molecular formula is C27H25N2O7S-. The van der Waals surface area contributed by atoms with Gasteiger partial charge in [-0.3, -0.25) is 9.36 Å². The van der Waals surface area contributed by atoms with Gasteiger partial charge < -0.3 is 24.1 Å². The van der Waals surface area contributed by atoms with Crippen molar-refractivity contribution in [3.8, 4) is 11.5 Å². The highest BCUT2D eigenvalue weighted by molar-refractivity contribution is 7.07. The van der Waals surface area contributed by atoms with Crippen LogP contribution in [-0.2, 0) is 14.3 Å². The van der Waals surface area contributed by atoms with Crippen LogP contribution in [0.15, 0.2) is 69.6 Å². The molecule has 10 heteroatoms. The predicted molar refractivity (Wildman–Crippen MR) is 135 cm³/mol. The summed E-state index contributed by atoms with van der Waals surface area (Å²) in [7, 11) is 0. The highest BCUT2D eigenvalue weighted by Crippen LogP contribution is 2.35. The number of ether oxygens (including phenoxy) is 3. The third-order valence-electron chi connectivity index (χ3n) is 5.54. The topological polar surface area (TPSA) is 119 Å². The molecular weight excluding hydrogens is 496 g/mol. The Balaban J connectivity index is 1.89. The molecule has 37 heavy (non-hydrogen) atoms. The van der Waals surface area contributed by atoms with Crippen molar-refractivity contribution in [1.82, 2.24) is 4.57 Å². The predicted octanol–water partition coefficient (Wildman–Crippen LogP) is 1.33. The summed E-state index contributed by atoms with van der Waals surface area (Å²) in [5, 5.41) is 10.7. The molecule has 0 amide bonds. The minimum absolute atomic E-state index is 0.177. The van der Waals surface area contributed by atoms with Crippen molar-refractivity contribution < 1.29 is 28.9 Å². The number of hydrogen-bond donors (Lipinski definition) is 0. The molecule has 0 fully saturated rings. The maximum atomic E-state index is 13.8. The van der Waals surface area contributed by atoms with Gasteiger partial charge in [-0.05, 0) is 50.6 Å². The maximum Gasteiger partial charge on any atom is 0.338 e. The summed E-state index contributed by atoms with van der Waals surface area (Å²) in [6.45, 7) is 5.30. The number of benzene rings is 2. The largest absolute Gasteiger partial charge is 0.546 e. The molecule has 4 rings (SSSR count). The molecule has 0 saturated heterocycles. The van der Waals surface area contributed by atoms with Gasteiger partial charge in [0.05, 0.1) is 35.0 Å². The normalized spacial score (nSPS) is 15.1. The SMILES string of the molecule is CCOC(=O)C1=C(C)N=c2s/c(=C/c3cccc(OCC(=O)[O-])c3)c(=O)n2[C@@H]1c1ccccc1OCC. The summed E-state index contributed by atoms with van der Waals surface area (Å²) in [5.41, 5.74) is 1.67. The lowest BCUT2D eigenvalue weighted by atomic mass is 9.95. The van der Waals surface area contributed by atoms with Gasteiger partial charge in [0.2, 0.25) is 0 Å². The van der Waals surface area contributed by atoms with Crippen LogP contribution < -0.4 is 29.5 Å². The van der Waals surface area contributed by atoms with E-state index in [-0.39, 0.29) is 17.7 Å². The van der Waals surface area contributed by atoms with Crippen molar-refractivity contribution in [1.29, 1.82) is 0 Å². The number of aromatic nitrogens is 1. The Kier molecular flexibility index (Phi) is 7.88. The van der Waals surface area contributed by atoms with Crippen molar-refractivity contribution >= 4 is 29.4 Å². The van der Waals surface area contributed by atoms with E-state index >= 15 is 0 Å². The monoisotopic (exact) mass is 521 g/mol. The summed E-state index contributed by atoms with van der Waals surface area (Å²) in [6.07, 6.45) is 1.67. The third kappa shape index (κ3) is 5.49. The Bertz CT molecular complexity index is 1550. The van der Waals surface area contributed by atoms with Crippen LogP contribution in [0.2, 0.25) is 0 Å². The van der Waals surface area contributed by atoms with Crippen molar-refractivity contribution in [3.05, 3.63) is 90.6 Å². The average Bonchev–Trinajstić information content (AvgIpc) is 3.17. The summed E-state index contributed by atoms with van der Waals surface area (Å²) < 4.78 is 18.2. The van der Waals surface area contributed by atoms with E-state index in [2.05, 4.69) is 4.99 Å². The van der Waals surface area contributed by atoms with Gasteiger partial charge in [-0.2, -0.15) is 0 Å². The van der Waals surface area contributed by atoms with Gasteiger partial charge in [0, 0.05) is 5.56 Å². The van der Waals surface area contributed by atoms with E-state index in [1.165, 1.54) is 15.9 Å². The molecule has 0 unspecified atom stereocenters. The zero-order chi connectivity index (χ0) is 26.5. The molecule has 192 valence electrons. The first-order valence-electron chi connectivity index (χ1n) is 11.7. The second-order valence-electron chi connectivity index (χ2n) is 8.01. The number of para-hydroxylation sites is 1. The first-order chi connectivity index (χ1) is 17.8. The molecule has 0 radical (unpaired) electrons. The molecule has 9 nitrogen and oxygen atoms in total. The van der Waals surface area contributed by atoms with E-state index in [4.69, 9.17) is 14.2 Å². The van der Waals surface area contributed by atoms with Crippen LogP contribution in [0.5, 0.6) is 11.5 Å². The number of esters is 1. The summed E-state index contributed by atoms with van der Waals surface area (Å²) in [6, 6.07) is 13.2. The van der Waals surface area contributed by atoms with Gasteiger partial charge in [-0.25, -0.2) is 9.79 Å². The molecule has 0 spiro atoms. The van der Waals surface area contributed by atoms with Gasteiger partial charge in [0.1, 0.15) is 24.1 Å². The Morgan fingerprint density at radius 3 is 2.62 bits per heavy atom. The second-order valence-corrected chi connectivity index (χ2v) is 9.02. The van der Waals surface area contributed by atoms with Crippen LogP contribution in [0.3, 0.4) is 0 Å². The van der Waals surface area contributed by atoms with Crippen molar-refractivity contribution in [2.45, 2.75) is 26.8 Å². The van der Waals surface area contributed by atoms with E-state index in [0.29, 0.717) is 44.3 Å². The number of thiazole rings is 1. The maximum absolute atomic E-state index is 13.8. The Labute approximate surface area is 216 Å². The van der Waals surface area contributed by atoms with E-state index in [0.717, 1.165) is 0 Å². The standard InChI is InChI=1S/C27H26N2O7S/c1-4-34-20-12-7-6-11-19(20)24-23(26(33)35-5-2)16(3)28-27-29(24)25(32)21(37-27)14-17-9-8-10-18(13-17)36-15-22(30)31/h6-14,24H,4-5,15H2,1-3H3,(H,30,31)/p-1/b21-14+/t24-/m1/s1. The first kappa shape index (κ1) is 25.9. The van der Waals surface area contributed by atoms with Crippen LogP contribution in [0, 0.1) is 0 Å². The minimum atomic E-state index is -1.33. The van der Waals surface area contributed by atoms with Crippen molar-refractivity contribution in [3.63, 3.8) is 0 Å². The number of hydrogen-bond acceptors (Lipinski definition) is 9. The van der Waals surface area contributed by atoms with E-state index < -0.39 is 24.6 Å². The van der Waals surface area contributed by atoms with Crippen LogP contribution in [-0.4, -0.2) is 36.3 Å². The number of carboxylic acids is 1. The van der Waals surface area contributed by atoms with E-state index in [1.807, 2.05) is 25.1 Å². The molecule has 0 N–H and O–H groups in total. The lowest BCUT2D eigenvalue weighted by Gasteiger charge is -2.26. The molecule has 1 aliphatic heterocycles. The quantitative estimate of drug-likeness (QED) is 0.390. The lowest BCUT2D eigenvalue weighted by molar-refractivity contribution is -0.307. The number of aliphatic carboxylic acids is 1. The smallest absolute Gasteiger partial charge is 0.338 e. The molecule has 0 bridgehead atoms. The van der Waals surface area contributed by atoms with Crippen molar-refractivity contribution in [2.75, 3.05) is 19.8 Å². The molecule has 2 heterocycles. The molecule has 1 atom stereocenters. The fourth-order valence-electron chi connectivity index (χ4n) is 4.07. The molecule has 0 saturated carbocycles. The van der Waals surface area contributed by atoms with Crippen molar-refractivity contribution in [2.24, 2.45) is 4.99 Å². The number of allylic oxidation sites excluding steroid dienone is 1. The van der Waals surface area contributed by atoms with E-state index in [1.54, 1.807) is 50.3 Å². The van der Waals surface area contributed by atoms with Crippen LogP contribution >= 0.6 is 11.3 Å². The average molecular weight is 522 g/mol. The lowest BCUT2D eigenvalue weighted by Crippen LogP contribution is -2.40. The van der Waals surface area contributed by atoms with Gasteiger partial charge in [0.25, 0.3) is 5.56 Å². The Hall–Kier alpha value is -4.18. The van der Waals surface area contributed by atoms with Crippen LogP contribution in [0.25, 0.3) is 6.08 Å². The Morgan fingerprint density at radius 1 is 1.11 bits per heavy atom. The molecule has 0 aliphatic carbocycles. The number of fused-ring (bicyclic) bond motifs is 1. The summed E-state index contributed by atoms with van der Waals surface area (Å²) in [5.74, 6) is -1.00. The molecule has 3 aromatic rings. The minimum Gasteiger partial charge on any atom is -0.546 e. The fourth-order valence-corrected chi connectivity index (χ4v) is 5.11. The number of nitrogens with zero attached hydrogens (tertiary/aromatic N) is 2. The fraction of sp³-hybridized carbons (Fsp3) is 0.259. The zero-order valence-corrected chi connectivity index (χ0v) is 21.4. The summed E-state index contributed by atoms with van der Waals surface area (Å²) >= 11 is 1.19. The number of carbonyl (C=O) groups excluding carboxylic acids is 2. The Morgan fingerprint density at radius 2 is 1.89 bits per heavy atom. The molecule has 2 aromatic carbocycles. The highest BCUT2D eigenvalue weighted by Gasteiger charge is 2.35. The molecule has 1 aromatic heterocycles. The first-order valence-corrected chi connectivity index (χ1v) is 12.5. The van der Waals surface area contributed by atoms with Gasteiger partial charge in [0.15, 0.2) is 4.80 Å². The second kappa shape index (κ2) is 11.3. The number of rotatable bonds is 9. The van der Waals surface area contributed by atoms with Crippen LogP contribution in [0.1, 0.15) is 37.9 Å². The van der Waals surface area contributed by atoms with Gasteiger partial charge in [-0.1, -0.05) is 41.7 Å². The highest BCUT2D eigenvalue weighted by atomic mass is 32.1. The number of carboxylic acid groups (broad SMARTS) is 1. The summed E-state index contributed by atoms with van der Waals surface area (Å²) in [4.78, 5) is 42.5. The van der Waals surface area contributed by atoms with Gasteiger partial charge >= 0.3 is 5.97 Å². The van der Waals surface area contributed by atoms with Gasteiger partial charge in [-0.15, -0.1) is 0 Å². The molecule has 1 aliphatic rings. The zero-order valence-electron chi connectivity index (χ0n) is 20.6. The van der Waals surface area contributed by atoms with E-state index in [9.17, 15) is 19.5 Å².